The normalized spacial score (nSPS) is 46.2. The summed E-state index contributed by atoms with van der Waals surface area (Å²) in [4.78, 5) is 59.5. The van der Waals surface area contributed by atoms with Crippen molar-refractivity contribution in [3.63, 3.8) is 0 Å². The Morgan fingerprint density at radius 3 is 1.27 bits per heavy atom. The van der Waals surface area contributed by atoms with Gasteiger partial charge in [-0.05, 0) is 239 Å². The van der Waals surface area contributed by atoms with Crippen molar-refractivity contribution in [1.29, 1.82) is 0 Å². The Balaban J connectivity index is 0.000000334. The quantitative estimate of drug-likeness (QED) is 0.0431. The molecule has 0 spiro atoms. The van der Waals surface area contributed by atoms with Crippen molar-refractivity contribution in [2.24, 2.45) is 113 Å². The van der Waals surface area contributed by atoms with Crippen molar-refractivity contribution in [1.82, 2.24) is 10.6 Å². The number of ether oxygens (including phenoxy) is 2. The summed E-state index contributed by atoms with van der Waals surface area (Å²) in [6.45, 7) is 41.0. The number of aliphatic hydroxyl groups excluding tert-OH is 3. The fourth-order valence-corrected chi connectivity index (χ4v) is 24.6. The molecule has 0 radical (unpaired) electrons. The van der Waals surface area contributed by atoms with Gasteiger partial charge in [-0.3, -0.25) is 24.0 Å². The van der Waals surface area contributed by atoms with E-state index in [1.54, 1.807) is 20.8 Å². The molecule has 0 aromatic carbocycles. The molecule has 0 heterocycles. The van der Waals surface area contributed by atoms with Crippen LogP contribution >= 0.6 is 0 Å². The van der Waals surface area contributed by atoms with Crippen LogP contribution in [0.2, 0.25) is 0 Å². The summed E-state index contributed by atoms with van der Waals surface area (Å²) in [6, 6.07) is 0.0686. The minimum Gasteiger partial charge on any atom is -1.00 e. The van der Waals surface area contributed by atoms with Gasteiger partial charge in [-0.1, -0.05) is 79.7 Å². The van der Waals surface area contributed by atoms with E-state index in [0.717, 1.165) is 84.2 Å². The molecule has 0 saturated heterocycles. The third-order valence-corrected chi connectivity index (χ3v) is 28.7. The second-order valence-electron chi connectivity index (χ2n) is 31.8. The van der Waals surface area contributed by atoms with E-state index >= 15 is 0 Å². The van der Waals surface area contributed by atoms with E-state index in [2.05, 4.69) is 97.9 Å². The third-order valence-electron chi connectivity index (χ3n) is 28.7. The summed E-state index contributed by atoms with van der Waals surface area (Å²) < 4.78 is 11.6. The van der Waals surface area contributed by atoms with E-state index in [4.69, 9.17) is 24.6 Å². The molecule has 10 fully saturated rings. The largest absolute Gasteiger partial charge is 1.00 e. The molecule has 480 valence electrons. The van der Waals surface area contributed by atoms with Gasteiger partial charge in [0.25, 0.3) is 6.47 Å². The Labute approximate surface area is 564 Å². The monoisotopic (exact) mass is 1220 g/mol. The number of nitrogens with one attached hydrogen (secondary N) is 2. The van der Waals surface area contributed by atoms with Crippen LogP contribution in [0.25, 0.3) is 0 Å². The van der Waals surface area contributed by atoms with Crippen LogP contribution in [-0.4, -0.2) is 91.2 Å². The first-order valence-corrected chi connectivity index (χ1v) is 32.8. The zero-order valence-electron chi connectivity index (χ0n) is 57.9. The summed E-state index contributed by atoms with van der Waals surface area (Å²) in [7, 11) is 1.00. The minimum absolute atomic E-state index is 0. The predicted octanol–water partition coefficient (Wildman–Crippen LogP) is 5.53. The fourth-order valence-electron chi connectivity index (χ4n) is 24.6. The van der Waals surface area contributed by atoms with Crippen LogP contribution in [-0.2, 0) is 38.3 Å². The molecule has 0 bridgehead atoms. The number of rotatable bonds is 11. The van der Waals surface area contributed by atoms with E-state index in [9.17, 15) is 29.4 Å². The number of fused-ring (bicyclic) bond motifs is 14. The zero-order valence-corrected chi connectivity index (χ0v) is 60.9. The van der Waals surface area contributed by atoms with E-state index in [1.807, 2.05) is 0 Å². The SMILES string of the molecule is C=C(C)[C@@H]1CC[C@]2(CO)CC[C@]3(C)[C@H](CC[C@@H]4[C@@]5(C)CCC(NC(C)=O)[C@](C)(CO)[C@@H]5CC[C@]43C)[C@@H]12.C=C(C)[C@@H]1CC[C@]2(COC(C)=O)CC[C@]3(C)[C@H](CC[C@@H]4[C@@]5(C)CCC(NC(C)=O)[C@](C)(COC(C)=O)[C@@H]5CC[C@]43C)[C@@H]12.CO.O=CO[O-].[H-].[Na+].[Na+]. The van der Waals surface area contributed by atoms with Crippen LogP contribution < -0.4 is 75.0 Å². The Bertz CT molecular complexity index is 2470. The summed E-state index contributed by atoms with van der Waals surface area (Å²) >= 11 is 0. The molecule has 5 N–H and O–H groups in total. The molecule has 16 heteroatoms. The van der Waals surface area contributed by atoms with Gasteiger partial charge in [0.05, 0.1) is 19.8 Å². The van der Waals surface area contributed by atoms with E-state index < -0.39 is 0 Å². The molecule has 86 heavy (non-hydrogen) atoms. The average Bonchev–Trinajstić information content (AvgIpc) is 1.46. The molecule has 22 atom stereocenters. The molecule has 0 aromatic rings. The standard InChI is InChI=1S/C36H57NO5.C32H53NO3.CH2O3.CH4O.2Na.H/c1-22(2)26-12-17-36(21-42-25(5)40)19-18-34(8)27(31(26)36)10-11-29-32(6)15-14-30(37-23(3)38)33(7,20-41-24(4)39)28(32)13-16-35(29,34)9;1-20(2)22-10-15-32(19-35)17-16-30(6)23(27(22)32)8-9-25-28(4)13-12-26(33-21(3)36)29(5,18-34)24(28)11-14-31(25,30)7;2-1-4-3;1-2;;;/h26-31H,1,10-21H2,2-9H3,(H,37,38);22-27,34-35H,1,8-19H2,2-7H3,(H,33,36);1,3H;2H,1H3;;;/q;;;;2*+1;-1/p-1/t26-,27+,28+,29+,30?,31+,32-,33+,34+,35+,36+;22-,23+,24+,25+,26?,27+,28-,29+,30+,31+,32+;;;;;/m00...../s1. The predicted molar refractivity (Wildman–Crippen MR) is 326 cm³/mol. The summed E-state index contributed by atoms with van der Waals surface area (Å²) in [5, 5.41) is 43.4. The zero-order chi connectivity index (χ0) is 62.6. The second-order valence-corrected chi connectivity index (χ2v) is 31.8. The average molecular weight is 1220 g/mol. The maximum Gasteiger partial charge on any atom is 1.00 e. The first-order valence-electron chi connectivity index (χ1n) is 32.8. The van der Waals surface area contributed by atoms with Crippen molar-refractivity contribution in [2.45, 2.75) is 237 Å². The van der Waals surface area contributed by atoms with Gasteiger partial charge in [-0.2, -0.15) is 0 Å². The molecule has 10 rings (SSSR count). The van der Waals surface area contributed by atoms with Crippen LogP contribution in [0.3, 0.4) is 0 Å². The van der Waals surface area contributed by atoms with Gasteiger partial charge in [0, 0.05) is 69.7 Å². The van der Waals surface area contributed by atoms with E-state index in [-0.39, 0.29) is 164 Å². The Morgan fingerprint density at radius 1 is 0.500 bits per heavy atom. The number of carbonyl (C=O) groups excluding carboxylic acids is 5. The first kappa shape index (κ1) is 75.4. The number of esters is 2. The van der Waals surface area contributed by atoms with Gasteiger partial charge in [-0.15, -0.1) is 0 Å². The van der Waals surface area contributed by atoms with Crippen LogP contribution in [0.4, 0.5) is 0 Å². The molecule has 2 amide bonds. The van der Waals surface area contributed by atoms with E-state index in [0.29, 0.717) is 79.0 Å². The Kier molecular flexibility index (Phi) is 24.6. The molecule has 0 aliphatic heterocycles. The van der Waals surface area contributed by atoms with Gasteiger partial charge >= 0.3 is 71.1 Å². The van der Waals surface area contributed by atoms with Gasteiger partial charge < -0.3 is 47.0 Å². The van der Waals surface area contributed by atoms with Crippen molar-refractivity contribution >= 4 is 30.2 Å². The second kappa shape index (κ2) is 28.1. The van der Waals surface area contributed by atoms with Crippen LogP contribution in [0.5, 0.6) is 0 Å². The number of hydrogen-bond acceptors (Lipinski definition) is 12. The summed E-state index contributed by atoms with van der Waals surface area (Å²) in [6.07, 6.45) is 23.0. The van der Waals surface area contributed by atoms with Gasteiger partial charge in [0.1, 0.15) is 0 Å². The summed E-state index contributed by atoms with van der Waals surface area (Å²) in [5.74, 6) is 5.00. The maximum atomic E-state index is 12.3. The molecule has 0 aromatic heterocycles. The number of allylic oxidation sites excluding steroid dienone is 2. The number of carbonyl (C=O) groups is 5. The minimum atomic E-state index is -0.300. The molecule has 10 saturated carbocycles. The topological polar surface area (TPSA) is 221 Å². The van der Waals surface area contributed by atoms with Crippen molar-refractivity contribution in [2.75, 3.05) is 33.5 Å². The number of hydrogen-bond donors (Lipinski definition) is 5. The summed E-state index contributed by atoms with van der Waals surface area (Å²) in [5.41, 5.74) is 3.46. The third kappa shape index (κ3) is 12.3. The Morgan fingerprint density at radius 2 is 0.884 bits per heavy atom. The molecular weight excluding hydrogens is 1110 g/mol. The van der Waals surface area contributed by atoms with E-state index in [1.165, 1.54) is 69.4 Å². The maximum absolute atomic E-state index is 12.3. The van der Waals surface area contributed by atoms with Crippen molar-refractivity contribution in [3.05, 3.63) is 24.3 Å². The van der Waals surface area contributed by atoms with Crippen LogP contribution in [0, 0.1) is 113 Å². The number of amides is 2. The molecule has 10 aliphatic rings. The molecule has 10 aliphatic carbocycles. The van der Waals surface area contributed by atoms with Crippen LogP contribution in [0.1, 0.15) is 227 Å². The fraction of sp³-hybridized carbons (Fsp3) is 0.871. The molecule has 14 nitrogen and oxygen atoms in total. The van der Waals surface area contributed by atoms with Crippen LogP contribution in [0.15, 0.2) is 24.3 Å². The first-order chi connectivity index (χ1) is 39.3. The van der Waals surface area contributed by atoms with Gasteiger partial charge in [0.2, 0.25) is 11.8 Å². The smallest absolute Gasteiger partial charge is 1.00 e. The molecule has 2 unspecified atom stereocenters. The molecular formula is C70H116N2Na2O12. The van der Waals surface area contributed by atoms with Crippen molar-refractivity contribution in [3.8, 4) is 0 Å². The van der Waals surface area contributed by atoms with Gasteiger partial charge in [-0.25, -0.2) is 0 Å². The Hall–Kier alpha value is -1.33. The number of aliphatic hydroxyl groups is 3. The van der Waals surface area contributed by atoms with Gasteiger partial charge in [0.15, 0.2) is 0 Å². The van der Waals surface area contributed by atoms with Crippen molar-refractivity contribution < 1.29 is 119 Å².